The van der Waals surface area contributed by atoms with Crippen molar-refractivity contribution >= 4 is 92.8 Å². The van der Waals surface area contributed by atoms with E-state index in [0.29, 0.717) is 31.6 Å². The van der Waals surface area contributed by atoms with E-state index in [9.17, 15) is 24.1 Å². The Morgan fingerprint density at radius 2 is 1.34 bits per heavy atom. The van der Waals surface area contributed by atoms with Gasteiger partial charge in [0.15, 0.2) is 11.9 Å². The van der Waals surface area contributed by atoms with Crippen molar-refractivity contribution in [1.82, 2.24) is 33.6 Å². The molecule has 2 rings (SSSR count). The van der Waals surface area contributed by atoms with Gasteiger partial charge in [-0.1, -0.05) is 30.3 Å². The molecule has 0 aromatic heterocycles. The predicted octanol–water partition coefficient (Wildman–Crippen LogP) is 2.41. The number of alkyl carbamates (subject to hydrolysis) is 1. The van der Waals surface area contributed by atoms with Crippen molar-refractivity contribution in [1.29, 1.82) is 10.8 Å². The normalized spacial score (nSPS) is 11.4. The summed E-state index contributed by atoms with van der Waals surface area (Å²) in [6.45, 7) is 0.202. The van der Waals surface area contributed by atoms with Gasteiger partial charge in [-0.05, 0) is 60.7 Å². The van der Waals surface area contributed by atoms with E-state index >= 15 is 0 Å². The number of nitrogens with one attached hydrogen (secondary N) is 10. The fourth-order valence-corrected chi connectivity index (χ4v) is 4.30. The third-order valence-electron chi connectivity index (χ3n) is 6.27. The SMILES string of the molecule is N=C(NI)NCCCC(NC(=O)OCc1ccccc1)C(=O)NCC(=O)N[C@@H](CCCNC(=N)NI)C(=O)Nc1ccc(N=O)cc1. The van der Waals surface area contributed by atoms with Crippen LogP contribution in [-0.4, -0.2) is 67.5 Å². The Kier molecular flexibility index (Phi) is 18.4. The Bertz CT molecular complexity index is 1350. The molecule has 0 aliphatic carbocycles. The zero-order valence-corrected chi connectivity index (χ0v) is 29.5. The number of benzene rings is 2. The number of carbonyl (C=O) groups excluding carboxylic acids is 4. The molecular weight excluding hydrogens is 840 g/mol. The summed E-state index contributed by atoms with van der Waals surface area (Å²) in [6.07, 6.45) is 0.365. The van der Waals surface area contributed by atoms with Crippen LogP contribution in [0.5, 0.6) is 0 Å². The van der Waals surface area contributed by atoms with Crippen molar-refractivity contribution in [2.45, 2.75) is 44.4 Å². The minimum atomic E-state index is -1.05. The number of hydrogen-bond donors (Lipinski definition) is 10. The highest BCUT2D eigenvalue weighted by Gasteiger charge is 2.24. The summed E-state index contributed by atoms with van der Waals surface area (Å²) in [5.74, 6) is -1.65. The summed E-state index contributed by atoms with van der Waals surface area (Å²) >= 11 is 3.61. The molecule has 0 fully saturated rings. The predicted molar refractivity (Wildman–Crippen MR) is 193 cm³/mol. The smallest absolute Gasteiger partial charge is 0.408 e. The minimum absolute atomic E-state index is 0.00369. The Morgan fingerprint density at radius 3 is 1.89 bits per heavy atom. The molecule has 0 saturated carbocycles. The van der Waals surface area contributed by atoms with Crippen molar-refractivity contribution in [2.75, 3.05) is 25.0 Å². The zero-order valence-electron chi connectivity index (χ0n) is 25.2. The van der Waals surface area contributed by atoms with Crippen LogP contribution in [0.2, 0.25) is 0 Å². The molecule has 10 N–H and O–H groups in total. The van der Waals surface area contributed by atoms with Gasteiger partial charge >= 0.3 is 6.09 Å². The maximum absolute atomic E-state index is 13.1. The zero-order chi connectivity index (χ0) is 34.4. The molecule has 2 aromatic carbocycles. The lowest BCUT2D eigenvalue weighted by atomic mass is 10.1. The van der Waals surface area contributed by atoms with E-state index in [2.05, 4.69) is 44.1 Å². The van der Waals surface area contributed by atoms with Crippen molar-refractivity contribution in [3.8, 4) is 0 Å². The van der Waals surface area contributed by atoms with Crippen LogP contribution in [0.3, 0.4) is 0 Å². The van der Waals surface area contributed by atoms with E-state index < -0.39 is 42.4 Å². The summed E-state index contributed by atoms with van der Waals surface area (Å²) in [4.78, 5) is 62.2. The van der Waals surface area contributed by atoms with Crippen LogP contribution in [0, 0.1) is 15.7 Å². The van der Waals surface area contributed by atoms with Crippen LogP contribution in [0.15, 0.2) is 59.8 Å². The number of nitroso groups, excluding NO2 is 1. The fourth-order valence-electron chi connectivity index (χ4n) is 3.92. The molecule has 0 heterocycles. The number of carbonyl (C=O) groups is 4. The van der Waals surface area contributed by atoms with Crippen LogP contribution >= 0.6 is 45.7 Å². The maximum atomic E-state index is 13.1. The monoisotopic (exact) mass is 877 g/mol. The lowest BCUT2D eigenvalue weighted by molar-refractivity contribution is -0.129. The van der Waals surface area contributed by atoms with Gasteiger partial charge in [0, 0.05) is 18.8 Å². The van der Waals surface area contributed by atoms with E-state index in [0.717, 1.165) is 5.56 Å². The molecule has 0 bridgehead atoms. The fraction of sp³-hybridized carbons (Fsp3) is 0.357. The largest absolute Gasteiger partial charge is 0.445 e. The average Bonchev–Trinajstić information content (AvgIpc) is 3.09. The number of anilines is 1. The quantitative estimate of drug-likeness (QED) is 0.0262. The van der Waals surface area contributed by atoms with Gasteiger partial charge in [0.05, 0.1) is 52.3 Å². The van der Waals surface area contributed by atoms with Crippen LogP contribution in [0.1, 0.15) is 31.2 Å². The number of nitrogens with zero attached hydrogens (tertiary/aromatic N) is 1. The van der Waals surface area contributed by atoms with Gasteiger partial charge in [-0.2, -0.15) is 0 Å². The molecule has 1 unspecified atom stereocenters. The van der Waals surface area contributed by atoms with Gasteiger partial charge in [-0.25, -0.2) is 4.79 Å². The van der Waals surface area contributed by atoms with Crippen LogP contribution in [0.25, 0.3) is 0 Å². The first-order valence-corrected chi connectivity index (χ1v) is 16.5. The van der Waals surface area contributed by atoms with Crippen LogP contribution < -0.4 is 39.0 Å². The molecule has 0 aliphatic rings. The average molecular weight is 877 g/mol. The number of amides is 4. The Balaban J connectivity index is 2.00. The summed E-state index contributed by atoms with van der Waals surface area (Å²) in [5, 5.41) is 34.0. The van der Waals surface area contributed by atoms with Crippen molar-refractivity contribution in [3.63, 3.8) is 0 Å². The van der Waals surface area contributed by atoms with Crippen molar-refractivity contribution < 1.29 is 23.9 Å². The second kappa shape index (κ2) is 22.3. The standard InChI is InChI=1S/C28H37I2N11O6/c29-39-26(31)33-14-4-8-21(38-28(45)47-17-18-6-2-1-3-7-18)24(43)35-16-23(42)37-22(9-5-15-34-27(32)40-30)25(44)36-19-10-12-20(41-46)13-11-19/h1-3,6-7,10-13,21-22H,4-5,8-9,14-17H2,(H,35,43)(H,36,44)(H,37,42)(H,38,45)(H3,31,33,39)(H3,32,34,40)/t21?,22-/m0/s1. The van der Waals surface area contributed by atoms with Crippen molar-refractivity contribution in [2.24, 2.45) is 5.18 Å². The lowest BCUT2D eigenvalue weighted by Gasteiger charge is -2.21. The maximum Gasteiger partial charge on any atom is 0.408 e. The Hall–Kier alpha value is -4.28. The number of rotatable bonds is 18. The van der Waals surface area contributed by atoms with Gasteiger partial charge in [-0.3, -0.25) is 32.3 Å². The summed E-state index contributed by atoms with van der Waals surface area (Å²) < 4.78 is 10.5. The molecule has 17 nitrogen and oxygen atoms in total. The van der Waals surface area contributed by atoms with Gasteiger partial charge in [-0.15, -0.1) is 4.91 Å². The Morgan fingerprint density at radius 1 is 0.766 bits per heavy atom. The van der Waals surface area contributed by atoms with E-state index in [4.69, 9.17) is 15.6 Å². The second-order valence-electron chi connectivity index (χ2n) is 9.80. The van der Waals surface area contributed by atoms with Crippen molar-refractivity contribution in [3.05, 3.63) is 65.1 Å². The summed E-state index contributed by atoms with van der Waals surface area (Å²) in [7, 11) is 0. The summed E-state index contributed by atoms with van der Waals surface area (Å²) in [6, 6.07) is 12.8. The highest BCUT2D eigenvalue weighted by Crippen LogP contribution is 2.16. The van der Waals surface area contributed by atoms with E-state index in [1.165, 1.54) is 24.3 Å². The first-order valence-electron chi connectivity index (χ1n) is 14.3. The summed E-state index contributed by atoms with van der Waals surface area (Å²) in [5.41, 5.74) is 1.33. The number of halogens is 2. The molecule has 254 valence electrons. The van der Waals surface area contributed by atoms with E-state index in [1.807, 2.05) is 6.07 Å². The minimum Gasteiger partial charge on any atom is -0.445 e. The van der Waals surface area contributed by atoms with E-state index in [1.54, 1.807) is 70.0 Å². The molecular formula is C28H37I2N11O6. The topological polar surface area (TPSA) is 251 Å². The van der Waals surface area contributed by atoms with Gasteiger partial charge < -0.3 is 36.6 Å². The van der Waals surface area contributed by atoms with Gasteiger partial charge in [0.25, 0.3) is 0 Å². The molecule has 0 spiro atoms. The number of ether oxygens (including phenoxy) is 1. The first kappa shape index (κ1) is 38.9. The molecule has 47 heavy (non-hydrogen) atoms. The molecule has 4 amide bonds. The molecule has 0 aliphatic heterocycles. The molecule has 0 radical (unpaired) electrons. The number of hydrogen-bond acceptors (Lipinski definition) is 9. The van der Waals surface area contributed by atoms with Crippen LogP contribution in [0.4, 0.5) is 16.2 Å². The molecule has 2 aromatic rings. The van der Waals surface area contributed by atoms with Crippen LogP contribution in [-0.2, 0) is 25.7 Å². The van der Waals surface area contributed by atoms with E-state index in [-0.39, 0.29) is 37.1 Å². The van der Waals surface area contributed by atoms with Gasteiger partial charge in [0.2, 0.25) is 17.7 Å². The highest BCUT2D eigenvalue weighted by atomic mass is 127. The second-order valence-corrected chi connectivity index (χ2v) is 10.9. The lowest BCUT2D eigenvalue weighted by Crippen LogP contribution is -2.51. The third-order valence-corrected chi connectivity index (χ3v) is 7.35. The Labute approximate surface area is 299 Å². The molecule has 19 heteroatoms. The molecule has 0 saturated heterocycles. The first-order chi connectivity index (χ1) is 22.6. The highest BCUT2D eigenvalue weighted by molar-refractivity contribution is 14.1. The molecule has 2 atom stereocenters. The number of guanidine groups is 2. The van der Waals surface area contributed by atoms with Gasteiger partial charge in [0.1, 0.15) is 24.4 Å². The third kappa shape index (κ3) is 16.2.